The molecule has 7 rings (SSSR count). The predicted octanol–water partition coefficient (Wildman–Crippen LogP) is 4.84. The molecule has 1 saturated carbocycles. The summed E-state index contributed by atoms with van der Waals surface area (Å²) in [6.45, 7) is 12.7. The lowest BCUT2D eigenvalue weighted by Crippen LogP contribution is -2.52. The number of aromatic nitrogens is 3. The molecule has 2 aromatic heterocycles. The first-order valence-electron chi connectivity index (χ1n) is 17.9. The van der Waals surface area contributed by atoms with E-state index in [0.29, 0.717) is 28.8 Å². The lowest BCUT2D eigenvalue weighted by molar-refractivity contribution is -0.131. The number of rotatable bonds is 9. The molecular weight excluding hydrogens is 602 g/mol. The Morgan fingerprint density at radius 2 is 1.73 bits per heavy atom. The molecule has 4 aliphatic rings. The molecule has 11 heteroatoms. The zero-order chi connectivity index (χ0) is 33.3. The smallest absolute Gasteiger partial charge is 0.271 e. The number of amides is 1. The molecule has 0 atom stereocenters. The topological polar surface area (TPSA) is 125 Å². The molecule has 4 N–H and O–H groups in total. The van der Waals surface area contributed by atoms with E-state index in [1.807, 2.05) is 19.1 Å². The standard InChI is InChI=1S/C37H51N9O2/c1-4-26-22-29(5-6-31(26)46-15-10-30(11-16-46)45-19-17-44(3)18-20-45)41-36-33(34(38)47)42-32(27-9-14-39-25(2)21-27)35(43-36)40-28-7-12-37(13-8-28)23-48-24-37/h5-6,9,14,21-22,28,30H,4,7-8,10-13,15-20,23-24H2,1-3H3,(H2,38,47)(H2,40,41,43). The van der Waals surface area contributed by atoms with Gasteiger partial charge in [-0.25, -0.2) is 9.97 Å². The van der Waals surface area contributed by atoms with Gasteiger partial charge in [-0.05, 0) is 94.8 Å². The van der Waals surface area contributed by atoms with Crippen molar-refractivity contribution in [3.8, 4) is 11.3 Å². The number of primary amides is 1. The van der Waals surface area contributed by atoms with E-state index in [0.717, 1.165) is 88.4 Å². The highest BCUT2D eigenvalue weighted by molar-refractivity contribution is 5.97. The van der Waals surface area contributed by atoms with Gasteiger partial charge in [0.05, 0.1) is 13.2 Å². The molecule has 3 saturated heterocycles. The SMILES string of the molecule is CCc1cc(Nc2nc(NC3CCC4(CC3)COC4)c(-c3ccnc(C)c3)nc2C(N)=O)ccc1N1CCC(N2CCN(C)CC2)CC1. The van der Waals surface area contributed by atoms with Gasteiger partial charge in [0, 0.05) is 85.6 Å². The van der Waals surface area contributed by atoms with Crippen molar-refractivity contribution in [3.63, 3.8) is 0 Å². The number of piperazine rings is 1. The number of nitrogens with two attached hydrogens (primary N) is 1. The number of ether oxygens (including phenoxy) is 1. The maximum atomic E-state index is 12.8. The Kier molecular flexibility index (Phi) is 9.53. The fraction of sp³-hybridized carbons (Fsp3) is 0.568. The third-order valence-corrected chi connectivity index (χ3v) is 11.1. The van der Waals surface area contributed by atoms with Gasteiger partial charge in [-0.2, -0.15) is 0 Å². The molecule has 0 bridgehead atoms. The molecule has 1 aliphatic carbocycles. The number of carbonyl (C=O) groups is 1. The van der Waals surface area contributed by atoms with E-state index in [1.54, 1.807) is 6.20 Å². The molecule has 0 unspecified atom stereocenters. The second-order valence-electron chi connectivity index (χ2n) is 14.5. The van der Waals surface area contributed by atoms with Crippen LogP contribution in [0.2, 0.25) is 0 Å². The largest absolute Gasteiger partial charge is 0.380 e. The molecule has 48 heavy (non-hydrogen) atoms. The predicted molar refractivity (Wildman–Crippen MR) is 191 cm³/mol. The summed E-state index contributed by atoms with van der Waals surface area (Å²) >= 11 is 0. The highest BCUT2D eigenvalue weighted by Gasteiger charge is 2.41. The van der Waals surface area contributed by atoms with Crippen LogP contribution < -0.4 is 21.3 Å². The number of hydrogen-bond acceptors (Lipinski definition) is 10. The number of anilines is 4. The quantitative estimate of drug-likeness (QED) is 0.296. The summed E-state index contributed by atoms with van der Waals surface area (Å²) in [5.74, 6) is 0.389. The molecule has 3 aliphatic heterocycles. The van der Waals surface area contributed by atoms with E-state index < -0.39 is 5.91 Å². The highest BCUT2D eigenvalue weighted by Crippen LogP contribution is 2.43. The normalized spacial score (nSPS) is 20.9. The van der Waals surface area contributed by atoms with Crippen LogP contribution in [0.25, 0.3) is 11.3 Å². The Morgan fingerprint density at radius 3 is 2.38 bits per heavy atom. The van der Waals surface area contributed by atoms with Gasteiger partial charge in [-0.15, -0.1) is 0 Å². The van der Waals surface area contributed by atoms with Crippen LogP contribution in [0.3, 0.4) is 0 Å². The lowest BCUT2D eigenvalue weighted by Gasteiger charge is -2.46. The number of likely N-dealkylation sites (N-methyl/N-ethyl adjacent to an activating group) is 1. The van der Waals surface area contributed by atoms with Gasteiger partial charge in [0.15, 0.2) is 17.3 Å². The average Bonchev–Trinajstić information content (AvgIpc) is 3.08. The van der Waals surface area contributed by atoms with Crippen molar-refractivity contribution in [3.05, 3.63) is 53.5 Å². The molecule has 1 spiro atoms. The molecule has 4 fully saturated rings. The Bertz CT molecular complexity index is 1600. The van der Waals surface area contributed by atoms with Crippen LogP contribution in [-0.4, -0.2) is 102 Å². The van der Waals surface area contributed by atoms with Crippen LogP contribution in [-0.2, 0) is 11.2 Å². The summed E-state index contributed by atoms with van der Waals surface area (Å²) in [7, 11) is 2.22. The monoisotopic (exact) mass is 653 g/mol. The van der Waals surface area contributed by atoms with Crippen molar-refractivity contribution in [2.45, 2.75) is 70.9 Å². The Balaban J connectivity index is 1.12. The third kappa shape index (κ3) is 6.99. The number of nitrogens with zero attached hydrogens (tertiary/aromatic N) is 6. The van der Waals surface area contributed by atoms with Gasteiger partial charge in [0.25, 0.3) is 5.91 Å². The van der Waals surface area contributed by atoms with Gasteiger partial charge in [0.2, 0.25) is 0 Å². The van der Waals surface area contributed by atoms with E-state index in [2.05, 4.69) is 62.5 Å². The molecule has 1 aromatic carbocycles. The molecule has 3 aromatic rings. The average molecular weight is 654 g/mol. The summed E-state index contributed by atoms with van der Waals surface area (Å²) in [4.78, 5) is 34.8. The minimum Gasteiger partial charge on any atom is -0.380 e. The summed E-state index contributed by atoms with van der Waals surface area (Å²) in [5, 5.41) is 7.15. The number of piperidine rings is 1. The summed E-state index contributed by atoms with van der Waals surface area (Å²) in [5.41, 5.74) is 12.2. The van der Waals surface area contributed by atoms with Crippen molar-refractivity contribution in [1.82, 2.24) is 24.8 Å². The molecular formula is C37H51N9O2. The van der Waals surface area contributed by atoms with E-state index >= 15 is 0 Å². The first-order valence-corrected chi connectivity index (χ1v) is 17.9. The van der Waals surface area contributed by atoms with Crippen molar-refractivity contribution in [2.24, 2.45) is 11.1 Å². The van der Waals surface area contributed by atoms with Crippen molar-refractivity contribution >= 4 is 28.9 Å². The van der Waals surface area contributed by atoms with Gasteiger partial charge < -0.3 is 30.9 Å². The molecule has 1 amide bonds. The van der Waals surface area contributed by atoms with E-state index in [9.17, 15) is 4.79 Å². The Labute approximate surface area is 284 Å². The highest BCUT2D eigenvalue weighted by atomic mass is 16.5. The van der Waals surface area contributed by atoms with Crippen molar-refractivity contribution in [1.29, 1.82) is 0 Å². The first-order chi connectivity index (χ1) is 23.3. The second kappa shape index (κ2) is 14.0. The van der Waals surface area contributed by atoms with Gasteiger partial charge in [0.1, 0.15) is 5.69 Å². The van der Waals surface area contributed by atoms with Gasteiger partial charge in [-0.3, -0.25) is 14.7 Å². The molecule has 11 nitrogen and oxygen atoms in total. The van der Waals surface area contributed by atoms with E-state index in [-0.39, 0.29) is 11.7 Å². The Morgan fingerprint density at radius 1 is 0.979 bits per heavy atom. The lowest BCUT2D eigenvalue weighted by atomic mass is 9.71. The zero-order valence-corrected chi connectivity index (χ0v) is 28.8. The summed E-state index contributed by atoms with van der Waals surface area (Å²) < 4.78 is 5.55. The number of hydrogen-bond donors (Lipinski definition) is 3. The number of pyridine rings is 1. The fourth-order valence-corrected chi connectivity index (χ4v) is 7.99. The Hall–Kier alpha value is -3.80. The van der Waals surface area contributed by atoms with Crippen LogP contribution in [0.1, 0.15) is 67.2 Å². The van der Waals surface area contributed by atoms with Crippen molar-refractivity contribution < 1.29 is 9.53 Å². The van der Waals surface area contributed by atoms with Crippen LogP contribution in [0, 0.1) is 12.3 Å². The molecule has 0 radical (unpaired) electrons. The van der Waals surface area contributed by atoms with Crippen LogP contribution in [0.5, 0.6) is 0 Å². The summed E-state index contributed by atoms with van der Waals surface area (Å²) in [6, 6.07) is 11.3. The second-order valence-corrected chi connectivity index (χ2v) is 14.5. The number of benzene rings is 1. The third-order valence-electron chi connectivity index (χ3n) is 11.1. The van der Waals surface area contributed by atoms with Crippen LogP contribution in [0.15, 0.2) is 36.5 Å². The molecule has 256 valence electrons. The minimum atomic E-state index is -0.622. The van der Waals surface area contributed by atoms with Gasteiger partial charge in [-0.1, -0.05) is 6.92 Å². The zero-order valence-electron chi connectivity index (χ0n) is 28.8. The first kappa shape index (κ1) is 32.7. The number of carbonyl (C=O) groups excluding carboxylic acids is 1. The van der Waals surface area contributed by atoms with Crippen molar-refractivity contribution in [2.75, 3.05) is 75.1 Å². The minimum absolute atomic E-state index is 0.118. The maximum Gasteiger partial charge on any atom is 0.271 e. The van der Waals surface area contributed by atoms with E-state index in [1.165, 1.54) is 37.2 Å². The van der Waals surface area contributed by atoms with E-state index in [4.69, 9.17) is 20.4 Å². The molecule has 5 heterocycles. The van der Waals surface area contributed by atoms with Crippen LogP contribution >= 0.6 is 0 Å². The maximum absolute atomic E-state index is 12.8. The summed E-state index contributed by atoms with van der Waals surface area (Å²) in [6.07, 6.45) is 9.38. The fourth-order valence-electron chi connectivity index (χ4n) is 7.99. The van der Waals surface area contributed by atoms with Gasteiger partial charge >= 0.3 is 0 Å². The number of nitrogens with one attached hydrogen (secondary N) is 2. The number of aryl methyl sites for hydroxylation is 2. The van der Waals surface area contributed by atoms with Crippen LogP contribution in [0.4, 0.5) is 23.0 Å².